The molecule has 0 aromatic carbocycles. The predicted octanol–water partition coefficient (Wildman–Crippen LogP) is 3.44. The second-order valence-corrected chi connectivity index (χ2v) is 10.8. The Balaban J connectivity index is 1.07. The van der Waals surface area contributed by atoms with E-state index in [9.17, 15) is 4.79 Å². The van der Waals surface area contributed by atoms with Gasteiger partial charge in [0.15, 0.2) is 5.65 Å². The van der Waals surface area contributed by atoms with Gasteiger partial charge in [-0.1, -0.05) is 6.42 Å². The molecular weight excluding hydrogens is 438 g/mol. The van der Waals surface area contributed by atoms with Crippen LogP contribution in [0.25, 0.3) is 11.0 Å². The van der Waals surface area contributed by atoms with E-state index >= 15 is 0 Å². The van der Waals surface area contributed by atoms with E-state index in [2.05, 4.69) is 49.4 Å². The third-order valence-electron chi connectivity index (χ3n) is 8.36. The van der Waals surface area contributed by atoms with Crippen molar-refractivity contribution < 1.29 is 4.79 Å². The van der Waals surface area contributed by atoms with Gasteiger partial charge in [-0.2, -0.15) is 5.10 Å². The molecule has 35 heavy (non-hydrogen) atoms. The Kier molecular flexibility index (Phi) is 6.24. The van der Waals surface area contributed by atoms with Crippen LogP contribution < -0.4 is 16.2 Å². The zero-order valence-electron chi connectivity index (χ0n) is 20.4. The van der Waals surface area contributed by atoms with Crippen LogP contribution in [0.3, 0.4) is 0 Å². The molecule has 3 N–H and O–H groups in total. The summed E-state index contributed by atoms with van der Waals surface area (Å²) in [5.74, 6) is 1.26. The van der Waals surface area contributed by atoms with E-state index in [4.69, 9.17) is 0 Å². The molecule has 0 radical (unpaired) electrons. The first-order valence-electron chi connectivity index (χ1n) is 13.1. The molecule has 6 atom stereocenters. The highest BCUT2D eigenvalue weighted by Crippen LogP contribution is 2.40. The van der Waals surface area contributed by atoms with Gasteiger partial charge in [-0.15, -0.1) is 0 Å². The monoisotopic (exact) mass is 473 g/mol. The lowest BCUT2D eigenvalue weighted by Gasteiger charge is -2.35. The number of aryl methyl sites for hydroxylation is 1. The van der Waals surface area contributed by atoms with Gasteiger partial charge >= 0.3 is 0 Å². The van der Waals surface area contributed by atoms with E-state index in [1.807, 2.05) is 36.3 Å². The number of pyridine rings is 2. The van der Waals surface area contributed by atoms with Crippen LogP contribution >= 0.6 is 0 Å². The van der Waals surface area contributed by atoms with Gasteiger partial charge in [0.1, 0.15) is 0 Å². The van der Waals surface area contributed by atoms with Crippen molar-refractivity contribution in [1.29, 1.82) is 0 Å². The van der Waals surface area contributed by atoms with E-state index in [0.29, 0.717) is 17.9 Å². The number of aromatic nitrogens is 4. The highest BCUT2D eigenvalue weighted by Gasteiger charge is 2.43. The molecule has 1 saturated heterocycles. The van der Waals surface area contributed by atoms with E-state index in [-0.39, 0.29) is 23.9 Å². The smallest absolute Gasteiger partial charge is 0.223 e. The summed E-state index contributed by atoms with van der Waals surface area (Å²) in [6.07, 6.45) is 12.9. The molecule has 8 heteroatoms. The van der Waals surface area contributed by atoms with Crippen LogP contribution in [0.15, 0.2) is 42.9 Å². The number of carbonyl (C=O) groups excluding carboxylic acids is 1. The minimum absolute atomic E-state index is 0.0861. The highest BCUT2D eigenvalue weighted by atomic mass is 16.1. The molecule has 2 aliphatic carbocycles. The zero-order valence-corrected chi connectivity index (χ0v) is 20.4. The van der Waals surface area contributed by atoms with Gasteiger partial charge in [0, 0.05) is 48.0 Å². The number of fused-ring (bicyclic) bond motifs is 2. The quantitative estimate of drug-likeness (QED) is 0.525. The lowest BCUT2D eigenvalue weighted by molar-refractivity contribution is -0.127. The van der Waals surface area contributed by atoms with Crippen molar-refractivity contribution in [1.82, 2.24) is 35.9 Å². The maximum atomic E-state index is 13.4. The molecule has 1 amide bonds. The van der Waals surface area contributed by atoms with Crippen LogP contribution in [0, 0.1) is 24.7 Å². The van der Waals surface area contributed by atoms with Crippen LogP contribution in [0.2, 0.25) is 0 Å². The molecule has 3 aliphatic rings. The molecule has 3 aromatic rings. The molecule has 184 valence electrons. The van der Waals surface area contributed by atoms with Gasteiger partial charge in [0.05, 0.1) is 12.2 Å². The fourth-order valence-corrected chi connectivity index (χ4v) is 6.58. The van der Waals surface area contributed by atoms with Crippen molar-refractivity contribution in [2.45, 2.75) is 76.5 Å². The Morgan fingerprint density at radius 2 is 2.06 bits per heavy atom. The summed E-state index contributed by atoms with van der Waals surface area (Å²) < 4.78 is 2.03. The predicted molar refractivity (Wildman–Crippen MR) is 134 cm³/mol. The summed E-state index contributed by atoms with van der Waals surface area (Å²) in [5, 5.41) is 9.10. The summed E-state index contributed by atoms with van der Waals surface area (Å²) in [4.78, 5) is 22.2. The van der Waals surface area contributed by atoms with Gasteiger partial charge in [-0.05, 0) is 87.1 Å². The minimum atomic E-state index is 0.0861. The van der Waals surface area contributed by atoms with Crippen LogP contribution in [-0.2, 0) is 11.3 Å². The van der Waals surface area contributed by atoms with Crippen molar-refractivity contribution in [3.05, 3.63) is 54.1 Å². The van der Waals surface area contributed by atoms with E-state index in [0.717, 1.165) is 61.8 Å². The first-order valence-corrected chi connectivity index (χ1v) is 13.1. The van der Waals surface area contributed by atoms with Crippen LogP contribution in [-0.4, -0.2) is 37.7 Å². The summed E-state index contributed by atoms with van der Waals surface area (Å²) >= 11 is 0. The van der Waals surface area contributed by atoms with E-state index < -0.39 is 0 Å². The first kappa shape index (κ1) is 22.6. The summed E-state index contributed by atoms with van der Waals surface area (Å²) in [5.41, 5.74) is 10.2. The lowest BCUT2D eigenvalue weighted by atomic mass is 9.74. The SMILES string of the molecule is Cc1cc(C2NNC3CCC(C(=O)NC4CCCC(Cn5ncc6cccnc65)C4)CC32)ccn1. The number of hydrogen-bond donors (Lipinski definition) is 3. The number of hydrazine groups is 1. The number of carbonyl (C=O) groups is 1. The largest absolute Gasteiger partial charge is 0.353 e. The Bertz CT molecular complexity index is 1190. The summed E-state index contributed by atoms with van der Waals surface area (Å²) in [6.45, 7) is 2.90. The van der Waals surface area contributed by atoms with Crippen molar-refractivity contribution in [3.8, 4) is 0 Å². The van der Waals surface area contributed by atoms with Crippen LogP contribution in [0.4, 0.5) is 0 Å². The van der Waals surface area contributed by atoms with Gasteiger partial charge < -0.3 is 5.32 Å². The van der Waals surface area contributed by atoms with Gasteiger partial charge in [-0.25, -0.2) is 15.1 Å². The van der Waals surface area contributed by atoms with Gasteiger partial charge in [0.2, 0.25) is 5.91 Å². The van der Waals surface area contributed by atoms with Crippen LogP contribution in [0.1, 0.15) is 62.2 Å². The highest BCUT2D eigenvalue weighted by molar-refractivity contribution is 5.79. The molecular formula is C27H35N7O. The van der Waals surface area contributed by atoms with Gasteiger partial charge in [0.25, 0.3) is 0 Å². The molecule has 0 bridgehead atoms. The third kappa shape index (κ3) is 4.69. The maximum absolute atomic E-state index is 13.4. The summed E-state index contributed by atoms with van der Waals surface area (Å²) in [7, 11) is 0. The molecule has 6 rings (SSSR count). The number of nitrogens with one attached hydrogen (secondary N) is 3. The van der Waals surface area contributed by atoms with Crippen molar-refractivity contribution in [3.63, 3.8) is 0 Å². The normalized spacial score (nSPS) is 30.8. The first-order chi connectivity index (χ1) is 17.1. The van der Waals surface area contributed by atoms with Crippen molar-refractivity contribution >= 4 is 16.9 Å². The number of amides is 1. The Labute approximate surface area is 206 Å². The number of rotatable bonds is 5. The average Bonchev–Trinajstić information content (AvgIpc) is 3.48. The molecule has 1 aliphatic heterocycles. The van der Waals surface area contributed by atoms with E-state index in [1.165, 1.54) is 12.0 Å². The Morgan fingerprint density at radius 1 is 1.11 bits per heavy atom. The fraction of sp³-hybridized carbons (Fsp3) is 0.556. The van der Waals surface area contributed by atoms with Crippen molar-refractivity contribution in [2.75, 3.05) is 0 Å². The van der Waals surface area contributed by atoms with Crippen molar-refractivity contribution in [2.24, 2.45) is 17.8 Å². The Hall–Kier alpha value is -2.84. The topological polar surface area (TPSA) is 96.8 Å². The third-order valence-corrected chi connectivity index (χ3v) is 8.36. The second-order valence-electron chi connectivity index (χ2n) is 10.8. The van der Waals surface area contributed by atoms with E-state index in [1.54, 1.807) is 0 Å². The van der Waals surface area contributed by atoms with Crippen LogP contribution in [0.5, 0.6) is 0 Å². The number of hydrogen-bond acceptors (Lipinski definition) is 6. The lowest BCUT2D eigenvalue weighted by Crippen LogP contribution is -2.45. The zero-order chi connectivity index (χ0) is 23.8. The molecule has 4 heterocycles. The maximum Gasteiger partial charge on any atom is 0.223 e. The Morgan fingerprint density at radius 3 is 2.97 bits per heavy atom. The molecule has 3 aromatic heterocycles. The summed E-state index contributed by atoms with van der Waals surface area (Å²) in [6, 6.07) is 9.17. The number of nitrogens with zero attached hydrogens (tertiary/aromatic N) is 4. The second kappa shape index (κ2) is 9.66. The molecule has 6 unspecified atom stereocenters. The molecule has 0 spiro atoms. The fourth-order valence-electron chi connectivity index (χ4n) is 6.58. The van der Waals surface area contributed by atoms with Gasteiger partial charge in [-0.3, -0.25) is 15.2 Å². The molecule has 8 nitrogen and oxygen atoms in total. The average molecular weight is 474 g/mol. The molecule has 2 saturated carbocycles. The molecule has 3 fully saturated rings. The minimum Gasteiger partial charge on any atom is -0.353 e. The standard InChI is InChI=1S/C27H35N7O/c1-17-12-19(9-11-28-17)25-23-14-20(7-8-24(23)32-33-25)27(35)31-22-6-2-4-18(13-22)16-34-26-21(15-30-34)5-3-10-29-26/h3,5,9-12,15,18,20,22-25,32-33H,2,4,6-8,13-14,16H2,1H3,(H,31,35).